The van der Waals surface area contributed by atoms with E-state index in [4.69, 9.17) is 4.43 Å². The van der Waals surface area contributed by atoms with Gasteiger partial charge in [-0.3, -0.25) is 4.79 Å². The molecule has 1 atom stereocenters. The lowest BCUT2D eigenvalue weighted by Gasteiger charge is -2.38. The Labute approximate surface area is 110 Å². The Bertz CT molecular complexity index is 410. The first-order chi connectivity index (χ1) is 8.17. The molecule has 0 bridgehead atoms. The third-order valence-electron chi connectivity index (χ3n) is 3.47. The second-order valence-corrected chi connectivity index (χ2v) is 10.8. The molecule has 0 aromatic carbocycles. The Morgan fingerprint density at radius 2 is 1.78 bits per heavy atom. The molecule has 1 rings (SSSR count). The molecule has 1 aromatic heterocycles. The molecule has 0 aliphatic rings. The maximum atomic E-state index is 10.5. The monoisotopic (exact) mass is 266 g/mol. The summed E-state index contributed by atoms with van der Waals surface area (Å²) in [5.41, 5.74) is 0.485. The van der Waals surface area contributed by atoms with Crippen molar-refractivity contribution >= 4 is 14.6 Å². The van der Waals surface area contributed by atoms with E-state index in [9.17, 15) is 4.79 Å². The summed E-state index contributed by atoms with van der Waals surface area (Å²) in [6, 6.07) is 0. The summed E-state index contributed by atoms with van der Waals surface area (Å²) in [4.78, 5) is 18.9. The maximum Gasteiger partial charge on any atom is 0.193 e. The molecule has 100 valence electrons. The van der Waals surface area contributed by atoms with Crippen LogP contribution in [0.1, 0.15) is 50.0 Å². The number of carbonyl (C=O) groups excluding carboxylic acids is 1. The molecule has 0 amide bonds. The van der Waals surface area contributed by atoms with E-state index in [1.54, 1.807) is 0 Å². The fourth-order valence-electron chi connectivity index (χ4n) is 1.29. The first kappa shape index (κ1) is 15.0. The molecular weight excluding hydrogens is 244 g/mol. The molecule has 0 aliphatic carbocycles. The molecule has 0 aliphatic heterocycles. The second-order valence-electron chi connectivity index (χ2n) is 6.01. The molecule has 0 unspecified atom stereocenters. The average Bonchev–Trinajstić information content (AvgIpc) is 2.27. The van der Waals surface area contributed by atoms with Crippen LogP contribution in [0.25, 0.3) is 0 Å². The highest BCUT2D eigenvalue weighted by Gasteiger charge is 2.39. The minimum atomic E-state index is -1.82. The van der Waals surface area contributed by atoms with Crippen molar-refractivity contribution in [2.75, 3.05) is 0 Å². The van der Waals surface area contributed by atoms with Crippen molar-refractivity contribution in [1.29, 1.82) is 0 Å². The van der Waals surface area contributed by atoms with Crippen LogP contribution in [0.5, 0.6) is 0 Å². The molecule has 0 radical (unpaired) electrons. The second kappa shape index (κ2) is 5.28. The molecule has 0 saturated carbocycles. The molecule has 1 heterocycles. The van der Waals surface area contributed by atoms with Crippen LogP contribution >= 0.6 is 0 Å². The molecule has 4 nitrogen and oxygen atoms in total. The molecule has 0 N–H and O–H groups in total. The number of hydrogen-bond acceptors (Lipinski definition) is 4. The van der Waals surface area contributed by atoms with Crippen LogP contribution in [-0.4, -0.2) is 24.6 Å². The normalized spacial score (nSPS) is 14.3. The van der Waals surface area contributed by atoms with Crippen molar-refractivity contribution in [2.45, 2.75) is 51.9 Å². The molecule has 0 spiro atoms. The number of rotatable bonds is 4. The Balaban J connectivity index is 2.81. The van der Waals surface area contributed by atoms with Crippen LogP contribution in [-0.2, 0) is 4.43 Å². The predicted molar refractivity (Wildman–Crippen MR) is 74.1 cm³/mol. The van der Waals surface area contributed by atoms with E-state index >= 15 is 0 Å². The van der Waals surface area contributed by atoms with Crippen molar-refractivity contribution in [1.82, 2.24) is 9.97 Å². The number of hydrogen-bond donors (Lipinski definition) is 0. The Morgan fingerprint density at radius 3 is 2.17 bits per heavy atom. The average molecular weight is 266 g/mol. The standard InChI is InChI=1S/C13H22N2O2Si/c1-10(17-18(5,6)13(2,3)4)12-14-7-11(9-16)8-15-12/h7-10H,1-6H3/t10-/m1/s1. The van der Waals surface area contributed by atoms with Crippen molar-refractivity contribution in [3.63, 3.8) is 0 Å². The highest BCUT2D eigenvalue weighted by atomic mass is 28.4. The third-order valence-corrected chi connectivity index (χ3v) is 8.02. The van der Waals surface area contributed by atoms with E-state index in [-0.39, 0.29) is 11.1 Å². The zero-order valence-electron chi connectivity index (χ0n) is 12.0. The van der Waals surface area contributed by atoms with E-state index in [0.717, 1.165) is 6.29 Å². The predicted octanol–water partition coefficient (Wildman–Crippen LogP) is 3.37. The highest BCUT2D eigenvalue weighted by Crippen LogP contribution is 2.39. The van der Waals surface area contributed by atoms with Gasteiger partial charge in [-0.15, -0.1) is 0 Å². The van der Waals surface area contributed by atoms with Gasteiger partial charge in [0.2, 0.25) is 0 Å². The number of carbonyl (C=O) groups is 1. The molecule has 0 saturated heterocycles. The summed E-state index contributed by atoms with van der Waals surface area (Å²) in [6.45, 7) is 12.9. The molecule has 5 heteroatoms. The van der Waals surface area contributed by atoms with E-state index in [1.807, 2.05) is 6.92 Å². The fraction of sp³-hybridized carbons (Fsp3) is 0.615. The summed E-state index contributed by atoms with van der Waals surface area (Å²) in [7, 11) is -1.82. The van der Waals surface area contributed by atoms with Crippen LogP contribution in [0.3, 0.4) is 0 Å². The highest BCUT2D eigenvalue weighted by molar-refractivity contribution is 6.74. The van der Waals surface area contributed by atoms with Gasteiger partial charge in [-0.1, -0.05) is 20.8 Å². The fourth-order valence-corrected chi connectivity index (χ4v) is 2.63. The van der Waals surface area contributed by atoms with Gasteiger partial charge in [0.05, 0.1) is 5.56 Å². The summed E-state index contributed by atoms with van der Waals surface area (Å²) in [5.74, 6) is 0.630. The molecule has 1 aromatic rings. The minimum Gasteiger partial charge on any atom is -0.407 e. The topological polar surface area (TPSA) is 52.1 Å². The Hall–Kier alpha value is -1.07. The lowest BCUT2D eigenvalue weighted by molar-refractivity contribution is 0.112. The van der Waals surface area contributed by atoms with E-state index < -0.39 is 8.32 Å². The van der Waals surface area contributed by atoms with Crippen molar-refractivity contribution in [2.24, 2.45) is 0 Å². The first-order valence-corrected chi connectivity index (χ1v) is 9.03. The van der Waals surface area contributed by atoms with Crippen LogP contribution in [0.15, 0.2) is 12.4 Å². The zero-order chi connectivity index (χ0) is 14.0. The van der Waals surface area contributed by atoms with Gasteiger partial charge in [-0.05, 0) is 25.1 Å². The minimum absolute atomic E-state index is 0.147. The van der Waals surface area contributed by atoms with E-state index in [2.05, 4.69) is 43.8 Å². The lowest BCUT2D eigenvalue weighted by Crippen LogP contribution is -2.41. The SMILES string of the molecule is C[C@@H](O[Si](C)(C)C(C)(C)C)c1ncc(C=O)cn1. The molecular formula is C13H22N2O2Si. The summed E-state index contributed by atoms with van der Waals surface area (Å²) in [6.07, 6.45) is 3.65. The van der Waals surface area contributed by atoms with Gasteiger partial charge in [0, 0.05) is 12.4 Å². The maximum absolute atomic E-state index is 10.5. The van der Waals surface area contributed by atoms with Crippen LogP contribution in [0, 0.1) is 0 Å². The molecule has 0 fully saturated rings. The Morgan fingerprint density at radius 1 is 1.28 bits per heavy atom. The third kappa shape index (κ3) is 3.46. The van der Waals surface area contributed by atoms with Gasteiger partial charge in [0.15, 0.2) is 20.4 Å². The lowest BCUT2D eigenvalue weighted by atomic mass is 10.2. The Kier molecular flexibility index (Phi) is 4.40. The first-order valence-electron chi connectivity index (χ1n) is 6.12. The van der Waals surface area contributed by atoms with E-state index in [1.165, 1.54) is 12.4 Å². The number of aldehydes is 1. The number of aromatic nitrogens is 2. The smallest absolute Gasteiger partial charge is 0.193 e. The quantitative estimate of drug-likeness (QED) is 0.619. The van der Waals surface area contributed by atoms with Gasteiger partial charge in [0.25, 0.3) is 0 Å². The van der Waals surface area contributed by atoms with Crippen molar-refractivity contribution < 1.29 is 9.22 Å². The van der Waals surface area contributed by atoms with Crippen molar-refractivity contribution in [3.05, 3.63) is 23.8 Å². The van der Waals surface area contributed by atoms with Gasteiger partial charge in [0.1, 0.15) is 6.10 Å². The largest absolute Gasteiger partial charge is 0.407 e. The zero-order valence-corrected chi connectivity index (χ0v) is 13.0. The summed E-state index contributed by atoms with van der Waals surface area (Å²) < 4.78 is 6.19. The van der Waals surface area contributed by atoms with Crippen LogP contribution < -0.4 is 0 Å². The molecule has 18 heavy (non-hydrogen) atoms. The number of nitrogens with zero attached hydrogens (tertiary/aromatic N) is 2. The van der Waals surface area contributed by atoms with Gasteiger partial charge < -0.3 is 4.43 Å². The van der Waals surface area contributed by atoms with Gasteiger partial charge >= 0.3 is 0 Å². The summed E-state index contributed by atoms with van der Waals surface area (Å²) in [5, 5.41) is 0.157. The summed E-state index contributed by atoms with van der Waals surface area (Å²) >= 11 is 0. The van der Waals surface area contributed by atoms with Crippen LogP contribution in [0.2, 0.25) is 18.1 Å². The van der Waals surface area contributed by atoms with Crippen molar-refractivity contribution in [3.8, 4) is 0 Å². The van der Waals surface area contributed by atoms with Crippen LogP contribution in [0.4, 0.5) is 0 Å². The van der Waals surface area contributed by atoms with Gasteiger partial charge in [-0.25, -0.2) is 9.97 Å². The van der Waals surface area contributed by atoms with E-state index in [0.29, 0.717) is 11.4 Å². The van der Waals surface area contributed by atoms with Gasteiger partial charge in [-0.2, -0.15) is 0 Å².